The summed E-state index contributed by atoms with van der Waals surface area (Å²) >= 11 is 7.04. The lowest BCUT2D eigenvalue weighted by atomic mass is 10.3. The van der Waals surface area contributed by atoms with Crippen molar-refractivity contribution in [3.8, 4) is 11.5 Å². The van der Waals surface area contributed by atoms with Crippen molar-refractivity contribution in [2.75, 3.05) is 26.1 Å². The molecule has 0 spiro atoms. The molecular weight excluding hydrogens is 328 g/mol. The van der Waals surface area contributed by atoms with Crippen LogP contribution in [0.2, 0.25) is 5.15 Å². The van der Waals surface area contributed by atoms with E-state index < -0.39 is 5.97 Å². The van der Waals surface area contributed by atoms with Crippen LogP contribution in [0.5, 0.6) is 11.5 Å². The van der Waals surface area contributed by atoms with E-state index in [0.717, 1.165) is 17.0 Å². The molecule has 0 aliphatic rings. The Kier molecular flexibility index (Phi) is 5.46. The Morgan fingerprint density at radius 3 is 2.77 bits per heavy atom. The fourth-order valence-electron chi connectivity index (χ4n) is 1.72. The molecule has 0 aliphatic heterocycles. The second-order valence-electron chi connectivity index (χ2n) is 4.05. The van der Waals surface area contributed by atoms with Crippen molar-refractivity contribution in [1.82, 2.24) is 4.98 Å². The van der Waals surface area contributed by atoms with Gasteiger partial charge in [0.15, 0.2) is 26.7 Å². The number of benzene rings is 1. The Bertz CT molecular complexity index is 675. The zero-order valence-electron chi connectivity index (χ0n) is 12.3. The monoisotopic (exact) mass is 342 g/mol. The number of anilines is 2. The summed E-state index contributed by atoms with van der Waals surface area (Å²) in [6, 6.07) is 5.39. The first-order chi connectivity index (χ1) is 10.6. The molecule has 0 atom stereocenters. The second kappa shape index (κ2) is 7.33. The Hall–Kier alpha value is -1.99. The third-order valence-electron chi connectivity index (χ3n) is 2.67. The number of aromatic nitrogens is 1. The highest BCUT2D eigenvalue weighted by atomic mass is 35.5. The molecule has 0 saturated heterocycles. The molecule has 118 valence electrons. The molecule has 0 fully saturated rings. The minimum atomic E-state index is -0.514. The van der Waals surface area contributed by atoms with Crippen LogP contribution < -0.4 is 14.8 Å². The van der Waals surface area contributed by atoms with Crippen molar-refractivity contribution in [3.63, 3.8) is 0 Å². The number of ether oxygens (including phenoxy) is 3. The maximum absolute atomic E-state index is 11.5. The largest absolute Gasteiger partial charge is 0.493 e. The van der Waals surface area contributed by atoms with Crippen molar-refractivity contribution < 1.29 is 19.0 Å². The van der Waals surface area contributed by atoms with E-state index in [1.165, 1.54) is 7.11 Å². The Morgan fingerprint density at radius 2 is 2.14 bits per heavy atom. The van der Waals surface area contributed by atoms with Gasteiger partial charge in [-0.05, 0) is 19.1 Å². The first-order valence-corrected chi connectivity index (χ1v) is 7.61. The minimum Gasteiger partial charge on any atom is -0.493 e. The molecule has 8 heteroatoms. The topological polar surface area (TPSA) is 69.7 Å². The molecule has 0 radical (unpaired) electrons. The van der Waals surface area contributed by atoms with Crippen molar-refractivity contribution in [3.05, 3.63) is 28.2 Å². The number of esters is 1. The molecule has 2 aromatic rings. The predicted molar refractivity (Wildman–Crippen MR) is 85.9 cm³/mol. The summed E-state index contributed by atoms with van der Waals surface area (Å²) in [5, 5.41) is 3.66. The lowest BCUT2D eigenvalue weighted by Crippen LogP contribution is -1.98. The second-order valence-corrected chi connectivity index (χ2v) is 5.41. The summed E-state index contributed by atoms with van der Waals surface area (Å²) in [7, 11) is 2.86. The zero-order valence-corrected chi connectivity index (χ0v) is 13.9. The molecule has 6 nitrogen and oxygen atoms in total. The van der Waals surface area contributed by atoms with Gasteiger partial charge in [0.2, 0.25) is 0 Å². The number of halogens is 1. The Morgan fingerprint density at radius 1 is 1.36 bits per heavy atom. The molecule has 22 heavy (non-hydrogen) atoms. The van der Waals surface area contributed by atoms with E-state index in [0.29, 0.717) is 23.2 Å². The van der Waals surface area contributed by atoms with Gasteiger partial charge in [0.05, 0.1) is 20.8 Å². The van der Waals surface area contributed by atoms with Gasteiger partial charge < -0.3 is 19.5 Å². The summed E-state index contributed by atoms with van der Waals surface area (Å²) in [6.45, 7) is 2.45. The van der Waals surface area contributed by atoms with Crippen LogP contribution in [-0.4, -0.2) is 31.8 Å². The fourth-order valence-corrected chi connectivity index (χ4v) is 2.84. The Balaban J connectivity index is 2.22. The van der Waals surface area contributed by atoms with Gasteiger partial charge in [0.1, 0.15) is 0 Å². The molecule has 1 aromatic heterocycles. The average Bonchev–Trinajstić information content (AvgIpc) is 2.88. The first kappa shape index (κ1) is 16.4. The average molecular weight is 343 g/mol. The maximum atomic E-state index is 11.5. The highest BCUT2D eigenvalue weighted by molar-refractivity contribution is 7.18. The number of carbonyl (C=O) groups is 1. The lowest BCUT2D eigenvalue weighted by Gasteiger charge is -2.11. The first-order valence-electron chi connectivity index (χ1n) is 6.41. The molecule has 2 rings (SSSR count). The van der Waals surface area contributed by atoms with Crippen molar-refractivity contribution >= 4 is 39.7 Å². The molecule has 1 aromatic carbocycles. The number of hydrogen-bond donors (Lipinski definition) is 1. The van der Waals surface area contributed by atoms with E-state index in [-0.39, 0.29) is 10.0 Å². The normalized spacial score (nSPS) is 10.2. The van der Waals surface area contributed by atoms with Gasteiger partial charge in [0, 0.05) is 11.8 Å². The minimum absolute atomic E-state index is 0.109. The lowest BCUT2D eigenvalue weighted by molar-refractivity contribution is 0.0606. The number of nitrogens with one attached hydrogen (secondary N) is 1. The number of carbonyl (C=O) groups excluding carboxylic acids is 1. The fraction of sp³-hybridized carbons (Fsp3) is 0.286. The van der Waals surface area contributed by atoms with Crippen molar-refractivity contribution in [2.45, 2.75) is 6.92 Å². The van der Waals surface area contributed by atoms with Crippen LogP contribution in [-0.2, 0) is 4.74 Å². The van der Waals surface area contributed by atoms with Crippen LogP contribution in [0.3, 0.4) is 0 Å². The van der Waals surface area contributed by atoms with E-state index >= 15 is 0 Å². The Labute approximate surface area is 137 Å². The van der Waals surface area contributed by atoms with Crippen LogP contribution in [0.25, 0.3) is 0 Å². The van der Waals surface area contributed by atoms with Gasteiger partial charge in [-0.2, -0.15) is 0 Å². The van der Waals surface area contributed by atoms with Crippen LogP contribution in [0.1, 0.15) is 16.6 Å². The molecule has 0 aliphatic carbocycles. The van der Waals surface area contributed by atoms with E-state index in [9.17, 15) is 4.79 Å². The van der Waals surface area contributed by atoms with Crippen molar-refractivity contribution in [1.29, 1.82) is 0 Å². The van der Waals surface area contributed by atoms with E-state index in [1.54, 1.807) is 19.2 Å². The van der Waals surface area contributed by atoms with Gasteiger partial charge >= 0.3 is 5.97 Å². The molecule has 0 saturated carbocycles. The van der Waals surface area contributed by atoms with E-state index in [4.69, 9.17) is 21.1 Å². The molecule has 1 N–H and O–H groups in total. The van der Waals surface area contributed by atoms with Gasteiger partial charge in [-0.15, -0.1) is 0 Å². The summed E-state index contributed by atoms with van der Waals surface area (Å²) in [6.07, 6.45) is 0. The van der Waals surface area contributed by atoms with Crippen LogP contribution in [0.15, 0.2) is 18.2 Å². The molecule has 0 bridgehead atoms. The van der Waals surface area contributed by atoms with Gasteiger partial charge in [-0.25, -0.2) is 9.78 Å². The van der Waals surface area contributed by atoms with Crippen LogP contribution >= 0.6 is 22.9 Å². The SMILES string of the molecule is CCOc1ccc(Nc2nc(Cl)c(C(=O)OC)s2)cc1OC. The third kappa shape index (κ3) is 3.61. The molecule has 1 heterocycles. The molecule has 0 unspecified atom stereocenters. The maximum Gasteiger partial charge on any atom is 0.351 e. The number of nitrogens with zero attached hydrogens (tertiary/aromatic N) is 1. The van der Waals surface area contributed by atoms with Gasteiger partial charge in [-0.1, -0.05) is 22.9 Å². The highest BCUT2D eigenvalue weighted by Gasteiger charge is 2.17. The molecular formula is C14H15ClN2O4S. The molecule has 0 amide bonds. The third-order valence-corrected chi connectivity index (χ3v) is 4.01. The van der Waals surface area contributed by atoms with Crippen LogP contribution in [0.4, 0.5) is 10.8 Å². The summed E-state index contributed by atoms with van der Waals surface area (Å²) in [4.78, 5) is 15.9. The summed E-state index contributed by atoms with van der Waals surface area (Å²) in [5.74, 6) is 0.741. The smallest absolute Gasteiger partial charge is 0.351 e. The quantitative estimate of drug-likeness (QED) is 0.806. The van der Waals surface area contributed by atoms with E-state index in [1.807, 2.05) is 13.0 Å². The predicted octanol–water partition coefficient (Wildman–Crippen LogP) is 3.73. The highest BCUT2D eigenvalue weighted by Crippen LogP contribution is 2.34. The number of hydrogen-bond acceptors (Lipinski definition) is 7. The van der Waals surface area contributed by atoms with Crippen molar-refractivity contribution in [2.24, 2.45) is 0 Å². The van der Waals surface area contributed by atoms with Gasteiger partial charge in [-0.3, -0.25) is 0 Å². The summed E-state index contributed by atoms with van der Waals surface area (Å²) in [5.41, 5.74) is 0.738. The zero-order chi connectivity index (χ0) is 16.1. The van der Waals surface area contributed by atoms with E-state index in [2.05, 4.69) is 15.0 Å². The van der Waals surface area contributed by atoms with Gasteiger partial charge in [0.25, 0.3) is 0 Å². The number of thiazole rings is 1. The summed E-state index contributed by atoms with van der Waals surface area (Å²) < 4.78 is 15.4. The number of rotatable bonds is 6. The standard InChI is InChI=1S/C14H15ClN2O4S/c1-4-21-9-6-5-8(7-10(9)19-2)16-14-17-12(15)11(22-14)13(18)20-3/h5-7H,4H2,1-3H3,(H,16,17). The van der Waals surface area contributed by atoms with Crippen LogP contribution in [0, 0.1) is 0 Å². The number of methoxy groups -OCH3 is 2.